The van der Waals surface area contributed by atoms with Crippen LogP contribution in [0, 0.1) is 0 Å². The lowest BCUT2D eigenvalue weighted by atomic mass is 9.67. The second-order valence-electron chi connectivity index (χ2n) is 21.9. The summed E-state index contributed by atoms with van der Waals surface area (Å²) in [7, 11) is 0. The predicted molar refractivity (Wildman–Crippen MR) is 324 cm³/mol. The van der Waals surface area contributed by atoms with Crippen LogP contribution in [0.3, 0.4) is 0 Å². The third-order valence-corrected chi connectivity index (χ3v) is 17.6. The van der Waals surface area contributed by atoms with E-state index >= 15 is 0 Å². The Morgan fingerprint density at radius 1 is 0.244 bits per heavy atom. The Morgan fingerprint density at radius 3 is 1.01 bits per heavy atom. The molecular weight excluding hydrogens is 939 g/mol. The highest BCUT2D eigenvalue weighted by molar-refractivity contribution is 5.94. The van der Waals surface area contributed by atoms with Crippen molar-refractivity contribution in [1.82, 2.24) is 0 Å². The summed E-state index contributed by atoms with van der Waals surface area (Å²) in [5, 5.41) is 0. The summed E-state index contributed by atoms with van der Waals surface area (Å²) in [6, 6.07) is 111. The van der Waals surface area contributed by atoms with Crippen molar-refractivity contribution in [2.75, 3.05) is 4.90 Å². The van der Waals surface area contributed by atoms with E-state index < -0.39 is 10.8 Å². The molecule has 0 unspecified atom stereocenters. The first-order valence-electron chi connectivity index (χ1n) is 27.4. The van der Waals surface area contributed by atoms with Gasteiger partial charge in [0.15, 0.2) is 0 Å². The second-order valence-corrected chi connectivity index (χ2v) is 21.9. The number of hydrogen-bond donors (Lipinski definition) is 0. The maximum Gasteiger partial charge on any atom is 0.0713 e. The van der Waals surface area contributed by atoms with E-state index in [1.807, 2.05) is 0 Å². The number of anilines is 3. The molecule has 0 fully saturated rings. The van der Waals surface area contributed by atoms with E-state index in [0.29, 0.717) is 0 Å². The first kappa shape index (κ1) is 45.8. The van der Waals surface area contributed by atoms with Gasteiger partial charge in [-0.2, -0.15) is 0 Å². The SMILES string of the molecule is CC1(C)c2ccccc2-c2cccc(N(c3cccc(-c4ccc5c(c4)C(c4ccccc4)(c4ccccc4)c4ccccc4-5)c3)c3cccc(-c4ccc5c(c4)C(c4ccccc4)(c4ccccc4)c4ccccc4-5)c3)c21. The van der Waals surface area contributed by atoms with Gasteiger partial charge in [0.05, 0.1) is 16.5 Å². The summed E-state index contributed by atoms with van der Waals surface area (Å²) < 4.78 is 0. The average Bonchev–Trinajstić information content (AvgIpc) is 4.29. The third kappa shape index (κ3) is 6.61. The Morgan fingerprint density at radius 2 is 0.577 bits per heavy atom. The highest BCUT2D eigenvalue weighted by Crippen LogP contribution is 2.60. The van der Waals surface area contributed by atoms with Gasteiger partial charge in [-0.3, -0.25) is 0 Å². The molecule has 12 aromatic carbocycles. The smallest absolute Gasteiger partial charge is 0.0713 e. The van der Waals surface area contributed by atoms with Crippen molar-refractivity contribution in [3.05, 3.63) is 353 Å². The monoisotopic (exact) mass is 993 g/mol. The van der Waals surface area contributed by atoms with Gasteiger partial charge in [-0.15, -0.1) is 0 Å². The first-order chi connectivity index (χ1) is 38.5. The lowest BCUT2D eigenvalue weighted by Gasteiger charge is -2.34. The molecule has 368 valence electrons. The molecule has 0 heterocycles. The third-order valence-electron chi connectivity index (χ3n) is 17.6. The van der Waals surface area contributed by atoms with Gasteiger partial charge in [0.2, 0.25) is 0 Å². The zero-order valence-electron chi connectivity index (χ0n) is 43.7. The molecule has 0 N–H and O–H groups in total. The van der Waals surface area contributed by atoms with E-state index in [4.69, 9.17) is 0 Å². The predicted octanol–water partition coefficient (Wildman–Crippen LogP) is 19.5. The van der Waals surface area contributed by atoms with Crippen molar-refractivity contribution >= 4 is 17.1 Å². The van der Waals surface area contributed by atoms with Crippen LogP contribution in [-0.4, -0.2) is 0 Å². The lowest BCUT2D eigenvalue weighted by Crippen LogP contribution is -2.28. The van der Waals surface area contributed by atoms with Gasteiger partial charge < -0.3 is 4.90 Å². The molecule has 0 atom stereocenters. The maximum absolute atomic E-state index is 2.53. The molecule has 0 radical (unpaired) electrons. The van der Waals surface area contributed by atoms with Gasteiger partial charge in [-0.05, 0) is 154 Å². The Hall–Kier alpha value is -9.56. The van der Waals surface area contributed by atoms with Gasteiger partial charge in [-0.25, -0.2) is 0 Å². The molecule has 0 amide bonds. The van der Waals surface area contributed by atoms with Crippen molar-refractivity contribution < 1.29 is 0 Å². The molecule has 0 saturated heterocycles. The Balaban J connectivity index is 0.919. The normalized spacial score (nSPS) is 14.3. The van der Waals surface area contributed by atoms with Crippen LogP contribution in [0.1, 0.15) is 69.5 Å². The van der Waals surface area contributed by atoms with Crippen LogP contribution >= 0.6 is 0 Å². The van der Waals surface area contributed by atoms with Crippen molar-refractivity contribution in [1.29, 1.82) is 0 Å². The molecule has 0 aliphatic heterocycles. The van der Waals surface area contributed by atoms with Crippen LogP contribution in [0.4, 0.5) is 17.1 Å². The average molecular weight is 994 g/mol. The van der Waals surface area contributed by atoms with Crippen LogP contribution in [0.2, 0.25) is 0 Å². The minimum atomic E-state index is -0.498. The van der Waals surface area contributed by atoms with Crippen LogP contribution in [0.5, 0.6) is 0 Å². The summed E-state index contributed by atoms with van der Waals surface area (Å²) in [5.74, 6) is 0. The van der Waals surface area contributed by atoms with Crippen LogP contribution < -0.4 is 4.90 Å². The van der Waals surface area contributed by atoms with E-state index in [2.05, 4.69) is 316 Å². The summed E-state index contributed by atoms with van der Waals surface area (Å²) >= 11 is 0. The minimum Gasteiger partial charge on any atom is -0.310 e. The molecule has 1 heteroatoms. The van der Waals surface area contributed by atoms with Crippen molar-refractivity contribution in [3.63, 3.8) is 0 Å². The molecular formula is C77H55N. The standard InChI is InChI=1S/C77H55N/c1-75(2)68-40-18-15-38-64(68)67-39-23-43-73(74(67)75)78(60-34-21-24-52(48-60)54-44-46-65-62-36-16-19-41-69(62)76(71(65)50-54,56-26-7-3-8-27-56)57-28-9-4-10-29-57)61-35-22-25-53(49-61)55-45-47-66-63-37-17-20-42-70(63)77(72(66)51-55,58-30-11-5-12-31-58)59-32-13-6-14-33-59/h3-51H,1-2H3. The fraction of sp³-hybridized carbons (Fsp3) is 0.0649. The Labute approximate surface area is 458 Å². The van der Waals surface area contributed by atoms with E-state index in [1.165, 1.54) is 106 Å². The fourth-order valence-electron chi connectivity index (χ4n) is 14.3. The number of nitrogens with zero attached hydrogens (tertiary/aromatic N) is 1. The largest absolute Gasteiger partial charge is 0.310 e. The molecule has 78 heavy (non-hydrogen) atoms. The Bertz CT molecular complexity index is 3980. The van der Waals surface area contributed by atoms with Gasteiger partial charge >= 0.3 is 0 Å². The molecule has 1 nitrogen and oxygen atoms in total. The molecule has 15 rings (SSSR count). The van der Waals surface area contributed by atoms with Crippen LogP contribution in [0.15, 0.2) is 297 Å². The molecule has 12 aromatic rings. The summed E-state index contributed by atoms with van der Waals surface area (Å²) in [5.41, 5.74) is 27.5. The second kappa shape index (κ2) is 17.8. The summed E-state index contributed by atoms with van der Waals surface area (Å²) in [6.45, 7) is 4.80. The van der Waals surface area contributed by atoms with Crippen molar-refractivity contribution in [3.8, 4) is 55.6 Å². The molecule has 3 aliphatic carbocycles. The number of rotatable bonds is 9. The molecule has 3 aliphatic rings. The Kier molecular flexibility index (Phi) is 10.4. The quantitative estimate of drug-likeness (QED) is 0.139. The zero-order valence-corrected chi connectivity index (χ0v) is 43.7. The van der Waals surface area contributed by atoms with E-state index in [0.717, 1.165) is 22.5 Å². The van der Waals surface area contributed by atoms with Crippen molar-refractivity contribution in [2.24, 2.45) is 0 Å². The van der Waals surface area contributed by atoms with Gasteiger partial charge in [0, 0.05) is 16.8 Å². The zero-order chi connectivity index (χ0) is 52.0. The van der Waals surface area contributed by atoms with Gasteiger partial charge in [0.1, 0.15) is 0 Å². The van der Waals surface area contributed by atoms with Crippen LogP contribution in [-0.2, 0) is 16.2 Å². The van der Waals surface area contributed by atoms with Gasteiger partial charge in [0.25, 0.3) is 0 Å². The minimum absolute atomic E-state index is 0.254. The van der Waals surface area contributed by atoms with Crippen LogP contribution in [0.25, 0.3) is 55.6 Å². The fourth-order valence-corrected chi connectivity index (χ4v) is 14.3. The summed E-state index contributed by atoms with van der Waals surface area (Å²) in [6.07, 6.45) is 0. The van der Waals surface area contributed by atoms with Gasteiger partial charge in [-0.1, -0.05) is 269 Å². The molecule has 0 saturated carbocycles. The highest BCUT2D eigenvalue weighted by Gasteiger charge is 2.48. The topological polar surface area (TPSA) is 3.24 Å². The molecule has 0 spiro atoms. The number of hydrogen-bond acceptors (Lipinski definition) is 1. The lowest BCUT2D eigenvalue weighted by molar-refractivity contribution is 0.661. The van der Waals surface area contributed by atoms with Crippen molar-refractivity contribution in [2.45, 2.75) is 30.1 Å². The maximum atomic E-state index is 2.53. The first-order valence-corrected chi connectivity index (χ1v) is 27.4. The van der Waals surface area contributed by atoms with E-state index in [-0.39, 0.29) is 5.41 Å². The molecule has 0 aromatic heterocycles. The van der Waals surface area contributed by atoms with E-state index in [1.54, 1.807) is 0 Å². The van der Waals surface area contributed by atoms with E-state index in [9.17, 15) is 0 Å². The molecule has 0 bridgehead atoms. The summed E-state index contributed by atoms with van der Waals surface area (Å²) in [4.78, 5) is 2.53. The highest BCUT2D eigenvalue weighted by atomic mass is 15.1. The number of benzene rings is 12. The number of fused-ring (bicyclic) bond motifs is 9.